The van der Waals surface area contributed by atoms with Crippen LogP contribution in [-0.2, 0) is 6.61 Å². The van der Waals surface area contributed by atoms with Gasteiger partial charge in [0.2, 0.25) is 0 Å². The third-order valence-corrected chi connectivity index (χ3v) is 4.52. The van der Waals surface area contributed by atoms with E-state index in [9.17, 15) is 5.11 Å². The maximum absolute atomic E-state index is 9.51. The molecule has 0 fully saturated rings. The fourth-order valence-electron chi connectivity index (χ4n) is 2.95. The number of aromatic nitrogens is 2. The van der Waals surface area contributed by atoms with Crippen LogP contribution in [0.4, 0.5) is 5.69 Å². The second-order valence-electron chi connectivity index (χ2n) is 6.79. The molecule has 5 heteroatoms. The maximum Gasteiger partial charge on any atom is 0.149 e. The van der Waals surface area contributed by atoms with E-state index in [-0.39, 0.29) is 12.6 Å². The van der Waals surface area contributed by atoms with Gasteiger partial charge in [-0.05, 0) is 31.9 Å². The summed E-state index contributed by atoms with van der Waals surface area (Å²) >= 11 is 0. The van der Waals surface area contributed by atoms with E-state index in [2.05, 4.69) is 41.7 Å². The topological polar surface area (TPSA) is 59.3 Å². The van der Waals surface area contributed by atoms with Crippen molar-refractivity contribution >= 4 is 16.7 Å². The molecule has 5 nitrogen and oxygen atoms in total. The van der Waals surface area contributed by atoms with Gasteiger partial charge in [-0.2, -0.15) is 0 Å². The Hall–Kier alpha value is -2.53. The minimum absolute atomic E-state index is 0.0184. The molecule has 138 valence electrons. The van der Waals surface area contributed by atoms with Gasteiger partial charge in [0.1, 0.15) is 17.9 Å². The maximum atomic E-state index is 9.51. The van der Waals surface area contributed by atoms with Gasteiger partial charge >= 0.3 is 0 Å². The Labute approximate surface area is 154 Å². The van der Waals surface area contributed by atoms with E-state index in [1.54, 1.807) is 0 Å². The van der Waals surface area contributed by atoms with E-state index in [0.29, 0.717) is 12.6 Å². The first kappa shape index (κ1) is 18.3. The van der Waals surface area contributed by atoms with Gasteiger partial charge in [0, 0.05) is 23.8 Å². The summed E-state index contributed by atoms with van der Waals surface area (Å²) in [4.78, 5) is 4.57. The first-order valence-electron chi connectivity index (χ1n) is 9.17. The standard InChI is InChI=1S/C21H27N3O2/c1-4-17(12-25)23-18-10-19-21(22-14-24(19)15(2)3)20(11-18)26-13-16-8-6-5-7-9-16/h5-11,14-15,17,23,25H,4,12-13H2,1-3H3/t17-/m1/s1. The zero-order valence-corrected chi connectivity index (χ0v) is 15.6. The third-order valence-electron chi connectivity index (χ3n) is 4.52. The average molecular weight is 353 g/mol. The molecule has 2 aromatic carbocycles. The highest BCUT2D eigenvalue weighted by Crippen LogP contribution is 2.31. The van der Waals surface area contributed by atoms with Crippen molar-refractivity contribution < 1.29 is 9.84 Å². The normalized spacial score (nSPS) is 12.5. The van der Waals surface area contributed by atoms with Crippen molar-refractivity contribution in [2.24, 2.45) is 0 Å². The molecule has 3 aromatic rings. The Balaban J connectivity index is 1.96. The molecule has 1 atom stereocenters. The number of anilines is 1. The number of fused-ring (bicyclic) bond motifs is 1. The van der Waals surface area contributed by atoms with E-state index in [1.807, 2.05) is 42.7 Å². The van der Waals surface area contributed by atoms with Gasteiger partial charge in [-0.15, -0.1) is 0 Å². The van der Waals surface area contributed by atoms with Crippen molar-refractivity contribution in [3.8, 4) is 5.75 Å². The molecule has 0 bridgehead atoms. The zero-order chi connectivity index (χ0) is 18.5. The number of imidazole rings is 1. The molecule has 1 aromatic heterocycles. The Morgan fingerprint density at radius 1 is 1.19 bits per heavy atom. The van der Waals surface area contributed by atoms with Crippen LogP contribution in [0.3, 0.4) is 0 Å². The molecule has 0 saturated carbocycles. The van der Waals surface area contributed by atoms with E-state index < -0.39 is 0 Å². The number of aliphatic hydroxyl groups is 1. The lowest BCUT2D eigenvalue weighted by Gasteiger charge is -2.18. The second kappa shape index (κ2) is 8.23. The van der Waals surface area contributed by atoms with Crippen LogP contribution < -0.4 is 10.1 Å². The molecule has 0 aliphatic heterocycles. The summed E-state index contributed by atoms with van der Waals surface area (Å²) in [6, 6.07) is 14.5. The van der Waals surface area contributed by atoms with Crippen LogP contribution in [0.25, 0.3) is 11.0 Å². The number of hydrogen-bond acceptors (Lipinski definition) is 4. The summed E-state index contributed by atoms with van der Waals surface area (Å²) in [5, 5.41) is 12.9. The second-order valence-corrected chi connectivity index (χ2v) is 6.79. The van der Waals surface area contributed by atoms with Gasteiger partial charge < -0.3 is 19.7 Å². The van der Waals surface area contributed by atoms with Crippen molar-refractivity contribution in [3.63, 3.8) is 0 Å². The quantitative estimate of drug-likeness (QED) is 0.631. The molecule has 2 N–H and O–H groups in total. The highest BCUT2D eigenvalue weighted by molar-refractivity contribution is 5.86. The lowest BCUT2D eigenvalue weighted by Crippen LogP contribution is -2.22. The molecular formula is C21H27N3O2. The number of benzene rings is 2. The molecule has 1 heterocycles. The SMILES string of the molecule is CC[C@H](CO)Nc1cc(OCc2ccccc2)c2ncn(C(C)C)c2c1. The summed E-state index contributed by atoms with van der Waals surface area (Å²) in [5.74, 6) is 0.751. The van der Waals surface area contributed by atoms with Crippen LogP contribution in [0.2, 0.25) is 0 Å². The number of rotatable bonds is 8. The molecular weight excluding hydrogens is 326 g/mol. The molecule has 0 amide bonds. The van der Waals surface area contributed by atoms with Crippen molar-refractivity contribution in [3.05, 3.63) is 54.4 Å². The number of ether oxygens (including phenoxy) is 1. The van der Waals surface area contributed by atoms with E-state index in [1.165, 1.54) is 0 Å². The number of nitrogens with one attached hydrogen (secondary N) is 1. The fraction of sp³-hybridized carbons (Fsp3) is 0.381. The van der Waals surface area contributed by atoms with E-state index in [4.69, 9.17) is 4.74 Å². The smallest absolute Gasteiger partial charge is 0.149 e. The van der Waals surface area contributed by atoms with Crippen molar-refractivity contribution in [2.75, 3.05) is 11.9 Å². The zero-order valence-electron chi connectivity index (χ0n) is 15.6. The van der Waals surface area contributed by atoms with Crippen LogP contribution >= 0.6 is 0 Å². The molecule has 0 spiro atoms. The van der Waals surface area contributed by atoms with E-state index in [0.717, 1.165) is 34.5 Å². The number of nitrogens with zero attached hydrogens (tertiary/aromatic N) is 2. The lowest BCUT2D eigenvalue weighted by molar-refractivity contribution is 0.271. The van der Waals surface area contributed by atoms with Crippen molar-refractivity contribution in [1.82, 2.24) is 9.55 Å². The Morgan fingerprint density at radius 2 is 1.96 bits per heavy atom. The Bertz CT molecular complexity index is 839. The molecule has 0 unspecified atom stereocenters. The average Bonchev–Trinajstić information content (AvgIpc) is 3.09. The van der Waals surface area contributed by atoms with Crippen LogP contribution in [0, 0.1) is 0 Å². The monoisotopic (exact) mass is 353 g/mol. The largest absolute Gasteiger partial charge is 0.486 e. The van der Waals surface area contributed by atoms with Crippen molar-refractivity contribution in [2.45, 2.75) is 45.9 Å². The highest BCUT2D eigenvalue weighted by atomic mass is 16.5. The van der Waals surface area contributed by atoms with E-state index >= 15 is 0 Å². The van der Waals surface area contributed by atoms with Gasteiger partial charge in [0.15, 0.2) is 0 Å². The van der Waals surface area contributed by atoms with Gasteiger partial charge in [-0.3, -0.25) is 0 Å². The van der Waals surface area contributed by atoms with Crippen LogP contribution in [0.15, 0.2) is 48.8 Å². The molecule has 0 saturated heterocycles. The summed E-state index contributed by atoms with van der Waals surface area (Å²) in [6.45, 7) is 6.91. The minimum atomic E-state index is 0.0184. The van der Waals surface area contributed by atoms with Crippen LogP contribution in [0.5, 0.6) is 5.75 Å². The van der Waals surface area contributed by atoms with Gasteiger partial charge in [0.05, 0.1) is 18.5 Å². The molecule has 0 radical (unpaired) electrons. The van der Waals surface area contributed by atoms with Gasteiger partial charge in [-0.1, -0.05) is 37.3 Å². The summed E-state index contributed by atoms with van der Waals surface area (Å²) in [7, 11) is 0. The predicted octanol–water partition coefficient (Wildman–Crippen LogP) is 4.38. The molecule has 0 aliphatic carbocycles. The predicted molar refractivity (Wildman–Crippen MR) is 106 cm³/mol. The van der Waals surface area contributed by atoms with Gasteiger partial charge in [0.25, 0.3) is 0 Å². The first-order chi connectivity index (χ1) is 12.6. The number of aliphatic hydroxyl groups excluding tert-OH is 1. The van der Waals surface area contributed by atoms with Crippen LogP contribution in [0.1, 0.15) is 38.8 Å². The minimum Gasteiger partial charge on any atom is -0.486 e. The third kappa shape index (κ3) is 3.99. The fourth-order valence-corrected chi connectivity index (χ4v) is 2.95. The first-order valence-corrected chi connectivity index (χ1v) is 9.17. The summed E-state index contributed by atoms with van der Waals surface area (Å²) < 4.78 is 8.24. The molecule has 26 heavy (non-hydrogen) atoms. The molecule has 0 aliphatic rings. The van der Waals surface area contributed by atoms with Crippen molar-refractivity contribution in [1.29, 1.82) is 0 Å². The highest BCUT2D eigenvalue weighted by Gasteiger charge is 2.14. The summed E-state index contributed by atoms with van der Waals surface area (Å²) in [5.41, 5.74) is 3.94. The van der Waals surface area contributed by atoms with Crippen LogP contribution in [-0.4, -0.2) is 27.3 Å². The Kier molecular flexibility index (Phi) is 5.78. The Morgan fingerprint density at radius 3 is 2.62 bits per heavy atom. The number of hydrogen-bond donors (Lipinski definition) is 2. The van der Waals surface area contributed by atoms with Gasteiger partial charge in [-0.25, -0.2) is 4.98 Å². The lowest BCUT2D eigenvalue weighted by atomic mass is 10.2. The summed E-state index contributed by atoms with van der Waals surface area (Å²) in [6.07, 6.45) is 2.70. The molecule has 3 rings (SSSR count).